The first-order chi connectivity index (χ1) is 9.41. The normalized spacial score (nSPS) is 13.4. The molecule has 3 nitrogen and oxygen atoms in total. The third kappa shape index (κ3) is 4.83. The average molecular weight is 305 g/mol. The molecule has 0 aliphatic rings. The summed E-state index contributed by atoms with van der Waals surface area (Å²) in [6, 6.07) is 3.24. The van der Waals surface area contributed by atoms with Gasteiger partial charge in [0.15, 0.2) is 0 Å². The van der Waals surface area contributed by atoms with Crippen LogP contribution in [0.15, 0.2) is 18.2 Å². The van der Waals surface area contributed by atoms with Gasteiger partial charge in [-0.25, -0.2) is 17.2 Å². The van der Waals surface area contributed by atoms with Gasteiger partial charge in [-0.3, -0.25) is 0 Å². The highest BCUT2D eigenvalue weighted by Crippen LogP contribution is 2.24. The predicted octanol–water partition coefficient (Wildman–Crippen LogP) is 2.83. The van der Waals surface area contributed by atoms with Gasteiger partial charge in [-0.05, 0) is 31.5 Å². The van der Waals surface area contributed by atoms with E-state index in [1.807, 2.05) is 6.92 Å². The minimum Gasteiger partial charge on any atom is -0.310 e. The van der Waals surface area contributed by atoms with E-state index in [0.29, 0.717) is 19.4 Å². The van der Waals surface area contributed by atoms with Crippen molar-refractivity contribution in [3.63, 3.8) is 0 Å². The first-order valence-electron chi connectivity index (χ1n) is 6.79. The van der Waals surface area contributed by atoms with Gasteiger partial charge in [-0.15, -0.1) is 0 Å². The quantitative estimate of drug-likeness (QED) is 0.803. The van der Waals surface area contributed by atoms with Gasteiger partial charge in [0.1, 0.15) is 21.5 Å². The molecule has 1 unspecified atom stereocenters. The second-order valence-corrected chi connectivity index (χ2v) is 7.10. The Balaban J connectivity index is 2.80. The molecule has 1 rings (SSSR count). The highest BCUT2D eigenvalue weighted by atomic mass is 32.2. The smallest absolute Gasteiger partial charge is 0.150 e. The van der Waals surface area contributed by atoms with E-state index in [1.165, 1.54) is 18.2 Å². The molecule has 114 valence electrons. The molecule has 0 amide bonds. The van der Waals surface area contributed by atoms with Crippen molar-refractivity contribution in [2.45, 2.75) is 32.7 Å². The Labute approximate surface area is 119 Å². The summed E-state index contributed by atoms with van der Waals surface area (Å²) in [5, 5.41) is 3.01. The Morgan fingerprint density at radius 2 is 1.80 bits per heavy atom. The summed E-state index contributed by atoms with van der Waals surface area (Å²) in [7, 11) is -3.05. The van der Waals surface area contributed by atoms with E-state index in [1.54, 1.807) is 6.92 Å². The van der Waals surface area contributed by atoms with Gasteiger partial charge in [0.2, 0.25) is 0 Å². The summed E-state index contributed by atoms with van der Waals surface area (Å²) in [6.07, 6.45) is 0.756. The fraction of sp³-hybridized carbons (Fsp3) is 0.571. The van der Waals surface area contributed by atoms with E-state index in [4.69, 9.17) is 0 Å². The van der Waals surface area contributed by atoms with Crippen LogP contribution in [0.25, 0.3) is 0 Å². The van der Waals surface area contributed by atoms with Crippen LogP contribution in [-0.2, 0) is 9.84 Å². The lowest BCUT2D eigenvalue weighted by Crippen LogP contribution is -2.24. The van der Waals surface area contributed by atoms with Crippen LogP contribution in [0.4, 0.5) is 8.78 Å². The zero-order chi connectivity index (χ0) is 15.2. The molecule has 0 bridgehead atoms. The maximum atomic E-state index is 13.8. The number of hydrogen-bond acceptors (Lipinski definition) is 3. The Morgan fingerprint density at radius 1 is 1.20 bits per heavy atom. The molecule has 0 aliphatic carbocycles. The van der Waals surface area contributed by atoms with Gasteiger partial charge in [0.25, 0.3) is 0 Å². The second-order valence-electron chi connectivity index (χ2n) is 4.62. The molecule has 1 N–H and O–H groups in total. The summed E-state index contributed by atoms with van der Waals surface area (Å²) < 4.78 is 50.4. The molecule has 1 aromatic carbocycles. The molecule has 0 heterocycles. The summed E-state index contributed by atoms with van der Waals surface area (Å²) in [4.78, 5) is 0. The summed E-state index contributed by atoms with van der Waals surface area (Å²) in [5.41, 5.74) is -0.0109. The van der Waals surface area contributed by atoms with Gasteiger partial charge in [-0.1, -0.05) is 19.9 Å². The van der Waals surface area contributed by atoms with E-state index >= 15 is 0 Å². The second kappa shape index (κ2) is 7.69. The lowest BCUT2D eigenvalue weighted by atomic mass is 10.0. The van der Waals surface area contributed by atoms with Crippen LogP contribution in [0.1, 0.15) is 38.3 Å². The topological polar surface area (TPSA) is 46.2 Å². The highest BCUT2D eigenvalue weighted by molar-refractivity contribution is 7.91. The molecule has 0 aromatic heterocycles. The molecular weight excluding hydrogens is 284 g/mol. The van der Waals surface area contributed by atoms with Crippen molar-refractivity contribution < 1.29 is 17.2 Å². The van der Waals surface area contributed by atoms with E-state index < -0.39 is 27.5 Å². The molecule has 6 heteroatoms. The van der Waals surface area contributed by atoms with Crippen molar-refractivity contribution in [3.05, 3.63) is 35.4 Å². The molecule has 1 aromatic rings. The molecular formula is C14H21F2NO2S. The minimum absolute atomic E-state index is 0.0109. The van der Waals surface area contributed by atoms with Crippen LogP contribution in [0.5, 0.6) is 0 Å². The molecule has 0 saturated carbocycles. The summed E-state index contributed by atoms with van der Waals surface area (Å²) in [5.74, 6) is -1.07. The Bertz CT molecular complexity index is 512. The lowest BCUT2D eigenvalue weighted by Gasteiger charge is -2.19. The van der Waals surface area contributed by atoms with E-state index in [9.17, 15) is 17.2 Å². The Kier molecular flexibility index (Phi) is 6.55. The zero-order valence-electron chi connectivity index (χ0n) is 11.8. The third-order valence-corrected chi connectivity index (χ3v) is 4.98. The summed E-state index contributed by atoms with van der Waals surface area (Å²) >= 11 is 0. The first-order valence-corrected chi connectivity index (χ1v) is 8.61. The lowest BCUT2D eigenvalue weighted by molar-refractivity contribution is 0.451. The average Bonchev–Trinajstić information content (AvgIpc) is 2.38. The fourth-order valence-corrected chi connectivity index (χ4v) is 2.99. The molecule has 0 saturated heterocycles. The van der Waals surface area contributed by atoms with Gasteiger partial charge >= 0.3 is 0 Å². The van der Waals surface area contributed by atoms with Gasteiger partial charge in [0, 0.05) is 17.4 Å². The van der Waals surface area contributed by atoms with Crippen LogP contribution in [0, 0.1) is 11.6 Å². The third-order valence-electron chi connectivity index (χ3n) is 3.19. The van der Waals surface area contributed by atoms with Gasteiger partial charge < -0.3 is 5.32 Å². The maximum Gasteiger partial charge on any atom is 0.150 e. The highest BCUT2D eigenvalue weighted by Gasteiger charge is 2.20. The van der Waals surface area contributed by atoms with E-state index in [-0.39, 0.29) is 17.1 Å². The number of benzene rings is 1. The van der Waals surface area contributed by atoms with Crippen molar-refractivity contribution in [2.24, 2.45) is 0 Å². The fourth-order valence-electron chi connectivity index (χ4n) is 2.09. The molecule has 0 spiro atoms. The Morgan fingerprint density at radius 3 is 2.30 bits per heavy atom. The minimum atomic E-state index is -3.05. The number of halogens is 2. The molecule has 0 radical (unpaired) electrons. The SMILES string of the molecule is CCNC(CCCS(=O)(=O)CC)c1c(F)cccc1F. The molecule has 0 aliphatic heterocycles. The van der Waals surface area contributed by atoms with Crippen molar-refractivity contribution in [3.8, 4) is 0 Å². The molecule has 0 fully saturated rings. The predicted molar refractivity (Wildman–Crippen MR) is 76.3 cm³/mol. The van der Waals surface area contributed by atoms with Crippen LogP contribution in [-0.4, -0.2) is 26.5 Å². The largest absolute Gasteiger partial charge is 0.310 e. The van der Waals surface area contributed by atoms with Crippen LogP contribution in [0.2, 0.25) is 0 Å². The Hall–Kier alpha value is -1.01. The molecule has 1 atom stereocenters. The monoisotopic (exact) mass is 305 g/mol. The van der Waals surface area contributed by atoms with Gasteiger partial charge in [0.05, 0.1) is 5.75 Å². The zero-order valence-corrected chi connectivity index (χ0v) is 12.6. The van der Waals surface area contributed by atoms with Crippen LogP contribution < -0.4 is 5.32 Å². The van der Waals surface area contributed by atoms with E-state index in [2.05, 4.69) is 5.32 Å². The number of rotatable bonds is 8. The van der Waals surface area contributed by atoms with Crippen molar-refractivity contribution >= 4 is 9.84 Å². The van der Waals surface area contributed by atoms with Crippen molar-refractivity contribution in [1.82, 2.24) is 5.32 Å². The number of sulfone groups is 1. The van der Waals surface area contributed by atoms with Crippen LogP contribution in [0.3, 0.4) is 0 Å². The number of hydrogen-bond donors (Lipinski definition) is 1. The van der Waals surface area contributed by atoms with Gasteiger partial charge in [-0.2, -0.15) is 0 Å². The summed E-state index contributed by atoms with van der Waals surface area (Å²) in [6.45, 7) is 3.99. The molecule has 20 heavy (non-hydrogen) atoms. The van der Waals surface area contributed by atoms with Crippen molar-refractivity contribution in [1.29, 1.82) is 0 Å². The standard InChI is InChI=1S/C14H21F2NO2S/c1-3-17-13(9-6-10-20(18,19)4-2)14-11(15)7-5-8-12(14)16/h5,7-8,13,17H,3-4,6,9-10H2,1-2H3. The van der Waals surface area contributed by atoms with Crippen LogP contribution >= 0.6 is 0 Å². The number of nitrogens with one attached hydrogen (secondary N) is 1. The van der Waals surface area contributed by atoms with Crippen molar-refractivity contribution in [2.75, 3.05) is 18.1 Å². The first kappa shape index (κ1) is 17.0. The maximum absolute atomic E-state index is 13.8. The van der Waals surface area contributed by atoms with E-state index in [0.717, 1.165) is 0 Å².